The number of nitrogens with zero attached hydrogens (tertiary/aromatic N) is 1. The third-order valence-electron chi connectivity index (χ3n) is 1.46. The summed E-state index contributed by atoms with van der Waals surface area (Å²) < 4.78 is 0. The summed E-state index contributed by atoms with van der Waals surface area (Å²) in [5, 5.41) is 0. The second kappa shape index (κ2) is 4.18. The van der Waals surface area contributed by atoms with Crippen molar-refractivity contribution in [1.82, 2.24) is 4.81 Å². The van der Waals surface area contributed by atoms with Crippen LogP contribution in [0.25, 0.3) is 0 Å². The van der Waals surface area contributed by atoms with Gasteiger partial charge in [0.25, 0.3) is 0 Å². The maximum Gasteiger partial charge on any atom is 0.314 e. The van der Waals surface area contributed by atoms with Crippen LogP contribution in [0.3, 0.4) is 0 Å². The van der Waals surface area contributed by atoms with E-state index in [9.17, 15) is 0 Å². The standard InChI is InChI=1S/C6H15BClN/c1-5(2)9(7-8)6(3)4/h5-7H,1-4H3. The van der Waals surface area contributed by atoms with Crippen molar-refractivity contribution in [1.29, 1.82) is 0 Å². The van der Waals surface area contributed by atoms with Crippen LogP contribution in [-0.2, 0) is 0 Å². The summed E-state index contributed by atoms with van der Waals surface area (Å²) in [6.07, 6.45) is 0. The van der Waals surface area contributed by atoms with Crippen LogP contribution in [0.15, 0.2) is 0 Å². The lowest BCUT2D eigenvalue weighted by Crippen LogP contribution is -2.37. The van der Waals surface area contributed by atoms with Crippen LogP contribution < -0.4 is 0 Å². The van der Waals surface area contributed by atoms with E-state index in [0.717, 1.165) is 0 Å². The minimum atomic E-state index is 0.558. The molecule has 0 amide bonds. The Kier molecular flexibility index (Phi) is 4.33. The molecule has 0 N–H and O–H groups in total. The molecule has 0 saturated carbocycles. The predicted octanol–water partition coefficient (Wildman–Crippen LogP) is 1.61. The van der Waals surface area contributed by atoms with Crippen LogP contribution in [0.1, 0.15) is 27.7 Å². The molecule has 0 aromatic heterocycles. The van der Waals surface area contributed by atoms with Gasteiger partial charge in [0.2, 0.25) is 0 Å². The first-order valence-electron chi connectivity index (χ1n) is 3.41. The van der Waals surface area contributed by atoms with Gasteiger partial charge in [-0.1, -0.05) is 27.7 Å². The van der Waals surface area contributed by atoms with Crippen molar-refractivity contribution in [2.75, 3.05) is 0 Å². The lowest BCUT2D eigenvalue weighted by Gasteiger charge is -2.27. The normalized spacial score (nSPS) is 11.6. The highest BCUT2D eigenvalue weighted by atomic mass is 35.5. The molecule has 3 heteroatoms. The van der Waals surface area contributed by atoms with Gasteiger partial charge in [0.05, 0.1) is 0 Å². The molecular formula is C6H15BClN. The van der Waals surface area contributed by atoms with E-state index in [1.165, 1.54) is 0 Å². The summed E-state index contributed by atoms with van der Waals surface area (Å²) in [5.41, 5.74) is 0. The Bertz CT molecular complexity index is 67.5. The number of rotatable bonds is 3. The van der Waals surface area contributed by atoms with E-state index in [-0.39, 0.29) is 0 Å². The van der Waals surface area contributed by atoms with Crippen molar-refractivity contribution >= 4 is 18.3 Å². The van der Waals surface area contributed by atoms with Crippen molar-refractivity contribution in [3.05, 3.63) is 0 Å². The van der Waals surface area contributed by atoms with Gasteiger partial charge < -0.3 is 4.81 Å². The molecule has 54 valence electrons. The van der Waals surface area contributed by atoms with Crippen LogP contribution in [0.2, 0.25) is 0 Å². The average Bonchev–Trinajstić information content (AvgIpc) is 1.64. The summed E-state index contributed by atoms with van der Waals surface area (Å²) in [6.45, 7) is 9.25. The van der Waals surface area contributed by atoms with Crippen LogP contribution in [-0.4, -0.2) is 23.7 Å². The highest BCUT2D eigenvalue weighted by Crippen LogP contribution is 2.02. The van der Waals surface area contributed by atoms with E-state index in [4.69, 9.17) is 11.5 Å². The first-order chi connectivity index (χ1) is 4.09. The van der Waals surface area contributed by atoms with Gasteiger partial charge in [-0.3, -0.25) is 0 Å². The van der Waals surface area contributed by atoms with Gasteiger partial charge in [-0.2, -0.15) is 11.5 Å². The Morgan fingerprint density at radius 1 is 1.11 bits per heavy atom. The molecule has 0 aromatic carbocycles. The van der Waals surface area contributed by atoms with Crippen LogP contribution in [0.4, 0.5) is 0 Å². The Morgan fingerprint density at radius 3 is 1.44 bits per heavy atom. The topological polar surface area (TPSA) is 3.24 Å². The molecule has 0 heterocycles. The monoisotopic (exact) mass is 147 g/mol. The molecule has 9 heavy (non-hydrogen) atoms. The van der Waals surface area contributed by atoms with Crippen LogP contribution >= 0.6 is 11.5 Å². The van der Waals surface area contributed by atoms with E-state index in [2.05, 4.69) is 32.5 Å². The van der Waals surface area contributed by atoms with E-state index >= 15 is 0 Å². The van der Waals surface area contributed by atoms with Crippen LogP contribution in [0, 0.1) is 0 Å². The number of hydrogen-bond donors (Lipinski definition) is 0. The van der Waals surface area contributed by atoms with Crippen molar-refractivity contribution in [2.24, 2.45) is 0 Å². The fourth-order valence-corrected chi connectivity index (χ4v) is 1.42. The summed E-state index contributed by atoms with van der Waals surface area (Å²) in [4.78, 5) is 2.22. The summed E-state index contributed by atoms with van der Waals surface area (Å²) in [6, 6.07) is 1.12. The zero-order valence-electron chi connectivity index (χ0n) is 6.69. The molecule has 1 nitrogen and oxygen atoms in total. The molecule has 0 unspecified atom stereocenters. The van der Waals surface area contributed by atoms with Gasteiger partial charge in [0.1, 0.15) is 0 Å². The molecule has 0 rings (SSSR count). The van der Waals surface area contributed by atoms with E-state index in [0.29, 0.717) is 18.9 Å². The van der Waals surface area contributed by atoms with E-state index in [1.54, 1.807) is 0 Å². The Balaban J connectivity index is 3.68. The van der Waals surface area contributed by atoms with Crippen molar-refractivity contribution in [2.45, 2.75) is 39.8 Å². The van der Waals surface area contributed by atoms with Crippen molar-refractivity contribution in [3.63, 3.8) is 0 Å². The highest BCUT2D eigenvalue weighted by Gasteiger charge is 2.11. The fraction of sp³-hybridized carbons (Fsp3) is 1.00. The van der Waals surface area contributed by atoms with Gasteiger partial charge in [-0.05, 0) is 12.1 Å². The van der Waals surface area contributed by atoms with Gasteiger partial charge in [0, 0.05) is 0 Å². The smallest absolute Gasteiger partial charge is 0.314 e. The summed E-state index contributed by atoms with van der Waals surface area (Å²) in [5.74, 6) is 0. The zero-order valence-corrected chi connectivity index (χ0v) is 7.44. The maximum absolute atomic E-state index is 5.68. The number of halogens is 1. The third kappa shape index (κ3) is 3.12. The molecule has 0 fully saturated rings. The molecule has 0 aliphatic carbocycles. The summed E-state index contributed by atoms with van der Waals surface area (Å²) >= 11 is 5.68. The van der Waals surface area contributed by atoms with Crippen LogP contribution in [0.5, 0.6) is 0 Å². The van der Waals surface area contributed by atoms with E-state index < -0.39 is 0 Å². The molecule has 0 spiro atoms. The zero-order chi connectivity index (χ0) is 7.44. The first-order valence-corrected chi connectivity index (χ1v) is 3.94. The molecular weight excluding hydrogens is 132 g/mol. The largest absolute Gasteiger partial charge is 0.327 e. The lowest BCUT2D eigenvalue weighted by molar-refractivity contribution is 0.317. The minimum absolute atomic E-state index is 0.558. The molecule has 0 aromatic rings. The van der Waals surface area contributed by atoms with Gasteiger partial charge in [-0.25, -0.2) is 0 Å². The quantitative estimate of drug-likeness (QED) is 0.548. The van der Waals surface area contributed by atoms with E-state index in [1.807, 2.05) is 0 Å². The van der Waals surface area contributed by atoms with Crippen molar-refractivity contribution < 1.29 is 0 Å². The Labute approximate surface area is 63.6 Å². The second-order valence-corrected chi connectivity index (χ2v) is 3.06. The predicted molar refractivity (Wildman–Crippen MR) is 45.1 cm³/mol. The third-order valence-corrected chi connectivity index (χ3v) is 1.74. The Morgan fingerprint density at radius 2 is 1.44 bits per heavy atom. The molecule has 0 aliphatic rings. The lowest BCUT2D eigenvalue weighted by atomic mass is 10.1. The SMILES string of the molecule is CC(C)N(BCl)C(C)C. The number of hydrogen-bond acceptors (Lipinski definition) is 1. The van der Waals surface area contributed by atoms with Gasteiger partial charge >= 0.3 is 6.83 Å². The van der Waals surface area contributed by atoms with Gasteiger partial charge in [-0.15, -0.1) is 0 Å². The average molecular weight is 147 g/mol. The molecule has 0 aliphatic heterocycles. The van der Waals surface area contributed by atoms with Crippen molar-refractivity contribution in [3.8, 4) is 0 Å². The first kappa shape index (κ1) is 9.31. The summed E-state index contributed by atoms with van der Waals surface area (Å²) in [7, 11) is 0. The second-order valence-electron chi connectivity index (χ2n) is 2.82. The molecule has 0 bridgehead atoms. The minimum Gasteiger partial charge on any atom is -0.327 e. The fourth-order valence-electron chi connectivity index (χ4n) is 0.872. The van der Waals surface area contributed by atoms with Gasteiger partial charge in [0.15, 0.2) is 0 Å². The Hall–Kier alpha value is 0.315. The molecule has 0 saturated heterocycles. The molecule has 0 radical (unpaired) electrons. The highest BCUT2D eigenvalue weighted by molar-refractivity contribution is 6.92. The molecule has 0 atom stereocenters. The maximum atomic E-state index is 5.68.